The lowest BCUT2D eigenvalue weighted by molar-refractivity contribution is 0.200. The summed E-state index contributed by atoms with van der Waals surface area (Å²) in [5.74, 6) is 0.842. The van der Waals surface area contributed by atoms with E-state index in [4.69, 9.17) is 0 Å². The minimum atomic E-state index is 0.842. The minimum Gasteiger partial charge on any atom is -0.300 e. The third-order valence-electron chi connectivity index (χ3n) is 3.21. The van der Waals surface area contributed by atoms with Gasteiger partial charge in [-0.25, -0.2) is 0 Å². The van der Waals surface area contributed by atoms with Crippen molar-refractivity contribution in [3.05, 3.63) is 0 Å². The summed E-state index contributed by atoms with van der Waals surface area (Å²) in [5, 5.41) is 1.13. The Balaban J connectivity index is 2.29. The van der Waals surface area contributed by atoms with Gasteiger partial charge in [-0.15, -0.1) is 0 Å². The Hall–Kier alpha value is 0.440. The van der Waals surface area contributed by atoms with E-state index in [1.54, 1.807) is 0 Å². The minimum absolute atomic E-state index is 0.842. The summed E-state index contributed by atoms with van der Waals surface area (Å²) < 4.78 is 0. The maximum atomic E-state index is 3.56. The molecular formula is C12H24BrN. The number of hydrogen-bond acceptors (Lipinski definition) is 1. The second-order valence-corrected chi connectivity index (χ2v) is 5.64. The predicted molar refractivity (Wildman–Crippen MR) is 67.1 cm³/mol. The van der Waals surface area contributed by atoms with E-state index in [9.17, 15) is 0 Å². The van der Waals surface area contributed by atoms with E-state index in [-0.39, 0.29) is 0 Å². The summed E-state index contributed by atoms with van der Waals surface area (Å²) in [5.41, 5.74) is 0. The van der Waals surface area contributed by atoms with Crippen LogP contribution >= 0.6 is 15.9 Å². The summed E-state index contributed by atoms with van der Waals surface area (Å²) in [7, 11) is 0. The maximum absolute atomic E-state index is 3.56. The van der Waals surface area contributed by atoms with Crippen molar-refractivity contribution in [2.24, 2.45) is 5.92 Å². The first-order valence-electron chi connectivity index (χ1n) is 6.04. The van der Waals surface area contributed by atoms with Gasteiger partial charge in [0.2, 0.25) is 0 Å². The normalized spacial score (nSPS) is 18.6. The Bertz CT molecular complexity index is 141. The fourth-order valence-corrected chi connectivity index (χ4v) is 2.73. The molecule has 0 atom stereocenters. The molecule has 0 amide bonds. The molecule has 1 rings (SSSR count). The highest BCUT2D eigenvalue weighted by atomic mass is 79.9. The summed E-state index contributed by atoms with van der Waals surface area (Å²) in [6.07, 6.45) is 7.12. The molecule has 1 nitrogen and oxygen atoms in total. The quantitative estimate of drug-likeness (QED) is 0.660. The molecule has 0 aromatic carbocycles. The van der Waals surface area contributed by atoms with Crippen LogP contribution in [0.25, 0.3) is 0 Å². The average Bonchev–Trinajstić information content (AvgIpc) is 2.64. The van der Waals surface area contributed by atoms with E-state index in [2.05, 4.69) is 34.7 Å². The Morgan fingerprint density at radius 1 is 1.21 bits per heavy atom. The molecule has 0 N–H and O–H groups in total. The molecule has 1 aliphatic carbocycles. The van der Waals surface area contributed by atoms with Gasteiger partial charge in [0.05, 0.1) is 0 Å². The fraction of sp³-hybridized carbons (Fsp3) is 1.00. The molecule has 1 fully saturated rings. The SMILES string of the molecule is CC(C)CCN(CCBr)C1CCCC1. The topological polar surface area (TPSA) is 3.24 Å². The van der Waals surface area contributed by atoms with Crippen molar-refractivity contribution in [3.63, 3.8) is 0 Å². The number of rotatable bonds is 6. The molecule has 84 valence electrons. The van der Waals surface area contributed by atoms with Gasteiger partial charge in [-0.1, -0.05) is 42.6 Å². The number of halogens is 1. The third kappa shape index (κ3) is 4.31. The molecule has 0 aromatic heterocycles. The first-order chi connectivity index (χ1) is 6.74. The summed E-state index contributed by atoms with van der Waals surface area (Å²) in [6, 6.07) is 0.895. The lowest BCUT2D eigenvalue weighted by Crippen LogP contribution is -2.36. The van der Waals surface area contributed by atoms with E-state index in [1.807, 2.05) is 0 Å². The van der Waals surface area contributed by atoms with Gasteiger partial charge in [0, 0.05) is 17.9 Å². The lowest BCUT2D eigenvalue weighted by Gasteiger charge is -2.28. The largest absolute Gasteiger partial charge is 0.300 e. The molecule has 0 spiro atoms. The van der Waals surface area contributed by atoms with Crippen molar-refractivity contribution in [1.29, 1.82) is 0 Å². The number of alkyl halides is 1. The molecule has 0 saturated heterocycles. The van der Waals surface area contributed by atoms with Crippen LogP contribution in [0.3, 0.4) is 0 Å². The fourth-order valence-electron chi connectivity index (χ4n) is 2.28. The number of hydrogen-bond donors (Lipinski definition) is 0. The van der Waals surface area contributed by atoms with Crippen molar-refractivity contribution in [2.45, 2.75) is 52.0 Å². The third-order valence-corrected chi connectivity index (χ3v) is 3.56. The zero-order valence-corrected chi connectivity index (χ0v) is 11.2. The van der Waals surface area contributed by atoms with Crippen LogP contribution in [0.5, 0.6) is 0 Å². The van der Waals surface area contributed by atoms with Gasteiger partial charge in [0.15, 0.2) is 0 Å². The van der Waals surface area contributed by atoms with E-state index < -0.39 is 0 Å². The van der Waals surface area contributed by atoms with Crippen LogP contribution in [0.15, 0.2) is 0 Å². The molecule has 0 aromatic rings. The van der Waals surface area contributed by atoms with Gasteiger partial charge in [-0.3, -0.25) is 4.90 Å². The van der Waals surface area contributed by atoms with E-state index in [1.165, 1.54) is 45.2 Å². The van der Waals surface area contributed by atoms with E-state index in [0.29, 0.717) is 0 Å². The maximum Gasteiger partial charge on any atom is 0.0159 e. The Kier molecular flexibility index (Phi) is 6.11. The van der Waals surface area contributed by atoms with Crippen LogP contribution in [0.2, 0.25) is 0 Å². The Morgan fingerprint density at radius 2 is 1.86 bits per heavy atom. The van der Waals surface area contributed by atoms with Gasteiger partial charge in [0.25, 0.3) is 0 Å². The van der Waals surface area contributed by atoms with Crippen molar-refractivity contribution >= 4 is 15.9 Å². The van der Waals surface area contributed by atoms with Gasteiger partial charge in [0.1, 0.15) is 0 Å². The summed E-state index contributed by atoms with van der Waals surface area (Å²) >= 11 is 3.56. The smallest absolute Gasteiger partial charge is 0.0159 e. The van der Waals surface area contributed by atoms with Crippen LogP contribution in [0, 0.1) is 5.92 Å². The number of nitrogens with zero attached hydrogens (tertiary/aromatic N) is 1. The molecule has 14 heavy (non-hydrogen) atoms. The second kappa shape index (κ2) is 6.84. The van der Waals surface area contributed by atoms with Crippen LogP contribution in [0.1, 0.15) is 46.0 Å². The molecule has 0 unspecified atom stereocenters. The monoisotopic (exact) mass is 261 g/mol. The van der Waals surface area contributed by atoms with Gasteiger partial charge >= 0.3 is 0 Å². The standard InChI is InChI=1S/C12H24BrN/c1-11(2)7-9-14(10-8-13)12-5-3-4-6-12/h11-12H,3-10H2,1-2H3. The molecule has 0 radical (unpaired) electrons. The zero-order chi connectivity index (χ0) is 10.4. The van der Waals surface area contributed by atoms with Crippen molar-refractivity contribution in [1.82, 2.24) is 4.90 Å². The zero-order valence-electron chi connectivity index (χ0n) is 9.64. The van der Waals surface area contributed by atoms with Gasteiger partial charge < -0.3 is 0 Å². The molecule has 0 aliphatic heterocycles. The van der Waals surface area contributed by atoms with Crippen molar-refractivity contribution < 1.29 is 0 Å². The summed E-state index contributed by atoms with van der Waals surface area (Å²) in [6.45, 7) is 7.17. The van der Waals surface area contributed by atoms with E-state index >= 15 is 0 Å². The molecule has 0 heterocycles. The highest BCUT2D eigenvalue weighted by molar-refractivity contribution is 9.09. The van der Waals surface area contributed by atoms with Crippen LogP contribution in [0.4, 0.5) is 0 Å². The van der Waals surface area contributed by atoms with Crippen LogP contribution in [-0.2, 0) is 0 Å². The van der Waals surface area contributed by atoms with Crippen LogP contribution < -0.4 is 0 Å². The van der Waals surface area contributed by atoms with Crippen molar-refractivity contribution in [3.8, 4) is 0 Å². The molecule has 1 saturated carbocycles. The van der Waals surface area contributed by atoms with Gasteiger partial charge in [-0.2, -0.15) is 0 Å². The van der Waals surface area contributed by atoms with E-state index in [0.717, 1.165) is 17.3 Å². The van der Waals surface area contributed by atoms with Gasteiger partial charge in [-0.05, 0) is 31.7 Å². The first-order valence-corrected chi connectivity index (χ1v) is 7.16. The molecular weight excluding hydrogens is 238 g/mol. The molecule has 1 aliphatic rings. The van der Waals surface area contributed by atoms with Crippen LogP contribution in [-0.4, -0.2) is 29.4 Å². The highest BCUT2D eigenvalue weighted by Crippen LogP contribution is 2.24. The second-order valence-electron chi connectivity index (χ2n) is 4.85. The molecule has 2 heteroatoms. The lowest BCUT2D eigenvalue weighted by atomic mass is 10.1. The first kappa shape index (κ1) is 12.5. The van der Waals surface area contributed by atoms with Crippen molar-refractivity contribution in [2.75, 3.05) is 18.4 Å². The Morgan fingerprint density at radius 3 is 2.36 bits per heavy atom. The summed E-state index contributed by atoms with van der Waals surface area (Å²) in [4.78, 5) is 2.70. The highest BCUT2D eigenvalue weighted by Gasteiger charge is 2.21. The average molecular weight is 262 g/mol. The molecule has 0 bridgehead atoms. The Labute approximate surface area is 97.4 Å². The predicted octanol–water partition coefficient (Wildman–Crippen LogP) is 3.67.